The SMILES string of the molecule is O=C(NS(=O)(=O)c1cccc2c1CCCN2)c1ncc2c(F)cccn12. The molecule has 0 radical (unpaired) electrons. The van der Waals surface area contributed by atoms with Crippen LogP contribution < -0.4 is 10.0 Å². The second kappa shape index (κ2) is 6.10. The van der Waals surface area contributed by atoms with Crippen molar-refractivity contribution in [3.63, 3.8) is 0 Å². The number of sulfonamides is 1. The van der Waals surface area contributed by atoms with Gasteiger partial charge in [-0.15, -0.1) is 0 Å². The largest absolute Gasteiger partial charge is 0.385 e. The summed E-state index contributed by atoms with van der Waals surface area (Å²) < 4.78 is 42.5. The van der Waals surface area contributed by atoms with Crippen molar-refractivity contribution in [3.05, 3.63) is 59.9 Å². The van der Waals surface area contributed by atoms with E-state index in [0.29, 0.717) is 12.0 Å². The van der Waals surface area contributed by atoms with Gasteiger partial charge < -0.3 is 5.32 Å². The molecule has 2 N–H and O–H groups in total. The standard InChI is InChI=1S/C17H15FN4O3S/c18-12-5-3-9-22-14(12)10-20-16(22)17(23)21-26(24,25)15-7-1-6-13-11(15)4-2-8-19-13/h1,3,5-7,9-10,19H,2,4,8H2,(H,21,23). The molecule has 1 aliphatic heterocycles. The summed E-state index contributed by atoms with van der Waals surface area (Å²) in [7, 11) is -4.09. The molecule has 134 valence electrons. The van der Waals surface area contributed by atoms with Crippen molar-refractivity contribution >= 4 is 27.1 Å². The molecule has 1 aliphatic rings. The van der Waals surface area contributed by atoms with Crippen LogP contribution in [0, 0.1) is 5.82 Å². The summed E-state index contributed by atoms with van der Waals surface area (Å²) in [6, 6.07) is 7.54. The van der Waals surface area contributed by atoms with Crippen LogP contribution in [0.2, 0.25) is 0 Å². The molecule has 0 saturated heterocycles. The molecular formula is C17H15FN4O3S. The van der Waals surface area contributed by atoms with Crippen molar-refractivity contribution in [1.29, 1.82) is 0 Å². The van der Waals surface area contributed by atoms with E-state index in [1.807, 2.05) is 4.72 Å². The van der Waals surface area contributed by atoms with Gasteiger partial charge in [-0.3, -0.25) is 9.20 Å². The van der Waals surface area contributed by atoms with Gasteiger partial charge in [-0.05, 0) is 42.7 Å². The number of carbonyl (C=O) groups is 1. The quantitative estimate of drug-likeness (QED) is 0.731. The molecule has 9 heteroatoms. The number of fused-ring (bicyclic) bond motifs is 2. The molecule has 1 aromatic carbocycles. The number of amides is 1. The Morgan fingerprint density at radius 1 is 1.27 bits per heavy atom. The molecule has 3 aromatic rings. The Morgan fingerprint density at radius 3 is 2.96 bits per heavy atom. The van der Waals surface area contributed by atoms with Crippen molar-refractivity contribution in [3.8, 4) is 0 Å². The second-order valence-electron chi connectivity index (χ2n) is 5.94. The van der Waals surface area contributed by atoms with Crippen molar-refractivity contribution < 1.29 is 17.6 Å². The highest BCUT2D eigenvalue weighted by molar-refractivity contribution is 7.90. The van der Waals surface area contributed by atoms with Crippen molar-refractivity contribution in [2.75, 3.05) is 11.9 Å². The lowest BCUT2D eigenvalue weighted by molar-refractivity contribution is 0.0970. The number of carbonyl (C=O) groups excluding carboxylic acids is 1. The summed E-state index contributed by atoms with van der Waals surface area (Å²) in [5, 5.41) is 3.15. The summed E-state index contributed by atoms with van der Waals surface area (Å²) in [4.78, 5) is 16.4. The number of imidazole rings is 1. The van der Waals surface area contributed by atoms with Crippen molar-refractivity contribution in [2.45, 2.75) is 17.7 Å². The number of pyridine rings is 1. The third-order valence-electron chi connectivity index (χ3n) is 4.29. The molecule has 0 spiro atoms. The van der Waals surface area contributed by atoms with Crippen molar-refractivity contribution in [2.24, 2.45) is 0 Å². The van der Waals surface area contributed by atoms with Gasteiger partial charge in [0.25, 0.3) is 10.0 Å². The number of halogens is 1. The molecule has 7 nitrogen and oxygen atoms in total. The average Bonchev–Trinajstić information content (AvgIpc) is 3.06. The Morgan fingerprint density at radius 2 is 2.12 bits per heavy atom. The van der Waals surface area contributed by atoms with Gasteiger partial charge in [0.15, 0.2) is 0 Å². The van der Waals surface area contributed by atoms with Gasteiger partial charge in [-0.25, -0.2) is 22.5 Å². The first-order valence-corrected chi connectivity index (χ1v) is 9.50. The molecule has 0 bridgehead atoms. The van der Waals surface area contributed by atoms with E-state index >= 15 is 0 Å². The molecule has 2 aromatic heterocycles. The highest BCUT2D eigenvalue weighted by Crippen LogP contribution is 2.28. The minimum atomic E-state index is -4.09. The maximum absolute atomic E-state index is 13.7. The van der Waals surface area contributed by atoms with Crippen LogP contribution >= 0.6 is 0 Å². The van der Waals surface area contributed by atoms with Gasteiger partial charge in [0.05, 0.1) is 11.1 Å². The molecule has 0 fully saturated rings. The van der Waals surface area contributed by atoms with Crippen LogP contribution in [0.15, 0.2) is 47.6 Å². The van der Waals surface area contributed by atoms with Gasteiger partial charge in [0.2, 0.25) is 5.82 Å². The number of benzene rings is 1. The Bertz CT molecular complexity index is 1120. The number of aromatic nitrogens is 2. The maximum Gasteiger partial charge on any atom is 0.301 e. The molecule has 1 amide bonds. The van der Waals surface area contributed by atoms with Crippen LogP contribution in [0.3, 0.4) is 0 Å². The summed E-state index contributed by atoms with van der Waals surface area (Å²) in [6.07, 6.45) is 4.04. The molecule has 0 unspecified atom stereocenters. The third kappa shape index (κ3) is 2.70. The van der Waals surface area contributed by atoms with E-state index in [4.69, 9.17) is 0 Å². The smallest absolute Gasteiger partial charge is 0.301 e. The minimum absolute atomic E-state index is 0.0580. The Labute approximate surface area is 148 Å². The van der Waals surface area contributed by atoms with Gasteiger partial charge in [-0.1, -0.05) is 6.07 Å². The first kappa shape index (κ1) is 16.5. The Hall–Kier alpha value is -2.94. The van der Waals surface area contributed by atoms with E-state index in [1.165, 1.54) is 35.0 Å². The highest BCUT2D eigenvalue weighted by Gasteiger charge is 2.26. The lowest BCUT2D eigenvalue weighted by Crippen LogP contribution is -2.33. The lowest BCUT2D eigenvalue weighted by Gasteiger charge is -2.20. The van der Waals surface area contributed by atoms with E-state index in [-0.39, 0.29) is 16.2 Å². The highest BCUT2D eigenvalue weighted by atomic mass is 32.2. The lowest BCUT2D eigenvalue weighted by atomic mass is 10.0. The topological polar surface area (TPSA) is 92.6 Å². The number of nitrogens with zero attached hydrogens (tertiary/aromatic N) is 2. The van der Waals surface area contributed by atoms with Gasteiger partial charge >= 0.3 is 5.91 Å². The first-order chi connectivity index (χ1) is 12.5. The summed E-state index contributed by atoms with van der Waals surface area (Å²) >= 11 is 0. The zero-order valence-corrected chi connectivity index (χ0v) is 14.4. The molecular weight excluding hydrogens is 359 g/mol. The fraction of sp³-hybridized carbons (Fsp3) is 0.176. The third-order valence-corrected chi connectivity index (χ3v) is 5.71. The van der Waals surface area contributed by atoms with Crippen LogP contribution in [-0.4, -0.2) is 30.3 Å². The predicted octanol–water partition coefficient (Wildman–Crippen LogP) is 1.95. The minimum Gasteiger partial charge on any atom is -0.385 e. The van der Waals surface area contributed by atoms with Crippen LogP contribution in [-0.2, 0) is 16.4 Å². The fourth-order valence-corrected chi connectivity index (χ4v) is 4.35. The molecule has 3 heterocycles. The number of hydrogen-bond donors (Lipinski definition) is 2. The summed E-state index contributed by atoms with van der Waals surface area (Å²) in [5.41, 5.74) is 1.49. The number of hydrogen-bond acceptors (Lipinski definition) is 5. The van der Waals surface area contributed by atoms with Crippen LogP contribution in [0.25, 0.3) is 5.52 Å². The van der Waals surface area contributed by atoms with Gasteiger partial charge in [-0.2, -0.15) is 0 Å². The fourth-order valence-electron chi connectivity index (χ4n) is 3.11. The van der Waals surface area contributed by atoms with E-state index in [9.17, 15) is 17.6 Å². The second-order valence-corrected chi connectivity index (χ2v) is 7.59. The zero-order valence-electron chi connectivity index (χ0n) is 13.6. The number of nitrogens with one attached hydrogen (secondary N) is 2. The van der Waals surface area contributed by atoms with E-state index in [2.05, 4.69) is 10.3 Å². The predicted molar refractivity (Wildman–Crippen MR) is 93.1 cm³/mol. The first-order valence-electron chi connectivity index (χ1n) is 8.02. The number of anilines is 1. The molecule has 0 atom stereocenters. The van der Waals surface area contributed by atoms with E-state index in [0.717, 1.165) is 18.7 Å². The number of rotatable bonds is 3. The monoisotopic (exact) mass is 374 g/mol. The summed E-state index contributed by atoms with van der Waals surface area (Å²) in [5.74, 6) is -1.67. The molecule has 0 saturated carbocycles. The van der Waals surface area contributed by atoms with Crippen LogP contribution in [0.5, 0.6) is 0 Å². The van der Waals surface area contributed by atoms with Gasteiger partial charge in [0.1, 0.15) is 11.3 Å². The van der Waals surface area contributed by atoms with Crippen LogP contribution in [0.1, 0.15) is 22.6 Å². The normalized spacial score (nSPS) is 13.9. The molecule has 0 aliphatic carbocycles. The van der Waals surface area contributed by atoms with E-state index < -0.39 is 21.7 Å². The maximum atomic E-state index is 13.7. The van der Waals surface area contributed by atoms with Gasteiger partial charge in [0, 0.05) is 18.4 Å². The molecule has 26 heavy (non-hydrogen) atoms. The Kier molecular flexibility index (Phi) is 3.87. The average molecular weight is 374 g/mol. The summed E-state index contributed by atoms with van der Waals surface area (Å²) in [6.45, 7) is 0.772. The molecule has 4 rings (SSSR count). The van der Waals surface area contributed by atoms with E-state index in [1.54, 1.807) is 12.1 Å². The van der Waals surface area contributed by atoms with Crippen LogP contribution in [0.4, 0.5) is 10.1 Å². The Balaban J connectivity index is 1.70. The zero-order chi connectivity index (χ0) is 18.3. The van der Waals surface area contributed by atoms with Crippen molar-refractivity contribution in [1.82, 2.24) is 14.1 Å².